The summed E-state index contributed by atoms with van der Waals surface area (Å²) in [4.78, 5) is 24.0. The first kappa shape index (κ1) is 22.9. The van der Waals surface area contributed by atoms with Crippen molar-refractivity contribution in [3.8, 4) is 11.5 Å². The summed E-state index contributed by atoms with van der Waals surface area (Å²) >= 11 is 6.39. The Morgan fingerprint density at radius 3 is 2.31 bits per heavy atom. The molecular formula is C25H22ClNO5. The quantitative estimate of drug-likeness (QED) is 0.455. The van der Waals surface area contributed by atoms with Crippen LogP contribution in [0.4, 0.5) is 0 Å². The molecule has 7 heteroatoms. The standard InChI is InChI=1S/C25H22ClNO5/c1-31-22-16-18(14-20(26)23(22)32-13-12-17-8-4-2-5-9-17)15-21(25(29)30)27-24(28)19-10-6-3-7-11-19/h2-11,14-16H,12-13H2,1H3,(H,27,28)(H,29,30)/b21-15+. The molecule has 3 aromatic rings. The fourth-order valence-electron chi connectivity index (χ4n) is 2.98. The van der Waals surface area contributed by atoms with Crippen molar-refractivity contribution >= 4 is 29.6 Å². The number of hydrogen-bond donors (Lipinski definition) is 2. The van der Waals surface area contributed by atoms with Crippen LogP contribution in [0.25, 0.3) is 6.08 Å². The molecule has 3 rings (SSSR count). The van der Waals surface area contributed by atoms with E-state index in [1.165, 1.54) is 13.2 Å². The molecule has 2 N–H and O–H groups in total. The number of carbonyl (C=O) groups excluding carboxylic acids is 1. The van der Waals surface area contributed by atoms with Gasteiger partial charge in [-0.05, 0) is 41.5 Å². The molecule has 0 saturated heterocycles. The molecule has 0 fully saturated rings. The van der Waals surface area contributed by atoms with Crippen LogP contribution < -0.4 is 14.8 Å². The number of halogens is 1. The molecule has 0 unspecified atom stereocenters. The highest BCUT2D eigenvalue weighted by atomic mass is 35.5. The maximum atomic E-state index is 12.3. The Morgan fingerprint density at radius 1 is 1.03 bits per heavy atom. The van der Waals surface area contributed by atoms with Crippen LogP contribution in [0.2, 0.25) is 5.02 Å². The first-order valence-corrected chi connectivity index (χ1v) is 10.2. The number of methoxy groups -OCH3 is 1. The average molecular weight is 452 g/mol. The maximum absolute atomic E-state index is 12.3. The van der Waals surface area contributed by atoms with Crippen LogP contribution in [-0.4, -0.2) is 30.7 Å². The van der Waals surface area contributed by atoms with Crippen LogP contribution in [0.15, 0.2) is 78.5 Å². The van der Waals surface area contributed by atoms with E-state index in [2.05, 4.69) is 5.32 Å². The van der Waals surface area contributed by atoms with Crippen molar-refractivity contribution in [2.24, 2.45) is 0 Å². The molecule has 0 spiro atoms. The highest BCUT2D eigenvalue weighted by molar-refractivity contribution is 6.32. The van der Waals surface area contributed by atoms with E-state index in [4.69, 9.17) is 21.1 Å². The van der Waals surface area contributed by atoms with Crippen molar-refractivity contribution in [1.82, 2.24) is 5.32 Å². The third-order valence-corrected chi connectivity index (χ3v) is 4.84. The second-order valence-corrected chi connectivity index (χ2v) is 7.21. The van der Waals surface area contributed by atoms with E-state index in [1.807, 2.05) is 30.3 Å². The van der Waals surface area contributed by atoms with Gasteiger partial charge in [0, 0.05) is 12.0 Å². The highest BCUT2D eigenvalue weighted by Crippen LogP contribution is 2.37. The fraction of sp³-hybridized carbons (Fsp3) is 0.120. The smallest absolute Gasteiger partial charge is 0.352 e. The Morgan fingerprint density at radius 2 is 1.69 bits per heavy atom. The molecule has 1 amide bonds. The number of nitrogens with one attached hydrogen (secondary N) is 1. The number of carboxylic acids is 1. The van der Waals surface area contributed by atoms with Gasteiger partial charge < -0.3 is 19.9 Å². The zero-order chi connectivity index (χ0) is 22.9. The van der Waals surface area contributed by atoms with E-state index in [0.29, 0.717) is 35.7 Å². The van der Waals surface area contributed by atoms with Gasteiger partial charge in [-0.2, -0.15) is 0 Å². The van der Waals surface area contributed by atoms with E-state index in [-0.39, 0.29) is 10.7 Å². The number of rotatable bonds is 9. The molecule has 0 aromatic heterocycles. The first-order chi connectivity index (χ1) is 15.5. The number of carbonyl (C=O) groups is 2. The van der Waals surface area contributed by atoms with Crippen LogP contribution >= 0.6 is 11.6 Å². The van der Waals surface area contributed by atoms with Crippen LogP contribution in [0.3, 0.4) is 0 Å². The minimum atomic E-state index is -1.28. The van der Waals surface area contributed by atoms with Gasteiger partial charge in [0.15, 0.2) is 11.5 Å². The van der Waals surface area contributed by atoms with Crippen molar-refractivity contribution in [2.45, 2.75) is 6.42 Å². The minimum Gasteiger partial charge on any atom is -0.493 e. The average Bonchev–Trinajstić information content (AvgIpc) is 2.80. The van der Waals surface area contributed by atoms with E-state index in [1.54, 1.807) is 42.5 Å². The molecule has 0 aliphatic rings. The molecule has 0 aliphatic heterocycles. The summed E-state index contributed by atoms with van der Waals surface area (Å²) in [5.41, 5.74) is 1.61. The SMILES string of the molecule is COc1cc(/C=C(/NC(=O)c2ccccc2)C(=O)O)cc(Cl)c1OCCc1ccccc1. The molecule has 0 bridgehead atoms. The summed E-state index contributed by atoms with van der Waals surface area (Å²) in [7, 11) is 1.47. The first-order valence-electron chi connectivity index (χ1n) is 9.83. The van der Waals surface area contributed by atoms with Gasteiger partial charge in [-0.15, -0.1) is 0 Å². The second-order valence-electron chi connectivity index (χ2n) is 6.80. The van der Waals surface area contributed by atoms with Crippen molar-refractivity contribution in [3.05, 3.63) is 100 Å². The topological polar surface area (TPSA) is 84.9 Å². The zero-order valence-corrected chi connectivity index (χ0v) is 18.1. The van der Waals surface area contributed by atoms with Gasteiger partial charge in [0.2, 0.25) is 0 Å². The summed E-state index contributed by atoms with van der Waals surface area (Å²) in [5.74, 6) is -1.09. The Balaban J connectivity index is 1.78. The van der Waals surface area contributed by atoms with Crippen LogP contribution in [0.5, 0.6) is 11.5 Å². The number of benzene rings is 3. The lowest BCUT2D eigenvalue weighted by molar-refractivity contribution is -0.132. The summed E-state index contributed by atoms with van der Waals surface area (Å²) in [6.07, 6.45) is 2.00. The van der Waals surface area contributed by atoms with Gasteiger partial charge in [0.1, 0.15) is 5.70 Å². The molecule has 32 heavy (non-hydrogen) atoms. The lowest BCUT2D eigenvalue weighted by atomic mass is 10.1. The number of hydrogen-bond acceptors (Lipinski definition) is 4. The Kier molecular flexibility index (Phi) is 7.89. The number of amides is 1. The normalized spacial score (nSPS) is 11.0. The second kappa shape index (κ2) is 11.0. The summed E-state index contributed by atoms with van der Waals surface area (Å²) < 4.78 is 11.2. The lowest BCUT2D eigenvalue weighted by Gasteiger charge is -2.14. The predicted molar refractivity (Wildman–Crippen MR) is 123 cm³/mol. The molecule has 0 saturated carbocycles. The van der Waals surface area contributed by atoms with Gasteiger partial charge >= 0.3 is 5.97 Å². The van der Waals surface area contributed by atoms with Crippen LogP contribution in [-0.2, 0) is 11.2 Å². The van der Waals surface area contributed by atoms with E-state index < -0.39 is 11.9 Å². The van der Waals surface area contributed by atoms with Gasteiger partial charge in [0.05, 0.1) is 18.7 Å². The van der Waals surface area contributed by atoms with Crippen molar-refractivity contribution in [2.75, 3.05) is 13.7 Å². The van der Waals surface area contributed by atoms with Gasteiger partial charge in [0.25, 0.3) is 5.91 Å². The van der Waals surface area contributed by atoms with Crippen LogP contribution in [0, 0.1) is 0 Å². The molecule has 164 valence electrons. The number of aliphatic carboxylic acids is 1. The predicted octanol–water partition coefficient (Wildman–Crippen LogP) is 4.83. The Bertz CT molecular complexity index is 1110. The third-order valence-electron chi connectivity index (χ3n) is 4.56. The molecule has 0 heterocycles. The summed E-state index contributed by atoms with van der Waals surface area (Å²) in [5, 5.41) is 12.2. The van der Waals surface area contributed by atoms with Crippen molar-refractivity contribution in [1.29, 1.82) is 0 Å². The third kappa shape index (κ3) is 6.12. The van der Waals surface area contributed by atoms with Gasteiger partial charge in [-0.3, -0.25) is 4.79 Å². The van der Waals surface area contributed by atoms with Gasteiger partial charge in [-0.25, -0.2) is 4.79 Å². The van der Waals surface area contributed by atoms with Gasteiger partial charge in [-0.1, -0.05) is 60.1 Å². The summed E-state index contributed by atoms with van der Waals surface area (Å²) in [6, 6.07) is 21.4. The maximum Gasteiger partial charge on any atom is 0.352 e. The fourth-order valence-corrected chi connectivity index (χ4v) is 3.25. The molecule has 3 aromatic carbocycles. The summed E-state index contributed by atoms with van der Waals surface area (Å²) in [6.45, 7) is 0.392. The van der Waals surface area contributed by atoms with Crippen LogP contribution in [0.1, 0.15) is 21.5 Å². The lowest BCUT2D eigenvalue weighted by Crippen LogP contribution is -2.27. The largest absolute Gasteiger partial charge is 0.493 e. The molecule has 0 atom stereocenters. The highest BCUT2D eigenvalue weighted by Gasteiger charge is 2.16. The molecular weight excluding hydrogens is 430 g/mol. The molecule has 6 nitrogen and oxygen atoms in total. The zero-order valence-electron chi connectivity index (χ0n) is 17.4. The van der Waals surface area contributed by atoms with E-state index in [9.17, 15) is 14.7 Å². The Labute approximate surface area is 191 Å². The van der Waals surface area contributed by atoms with Crippen molar-refractivity contribution in [3.63, 3.8) is 0 Å². The molecule has 0 radical (unpaired) electrons. The Hall–Kier alpha value is -3.77. The van der Waals surface area contributed by atoms with E-state index >= 15 is 0 Å². The minimum absolute atomic E-state index is 0.266. The van der Waals surface area contributed by atoms with Crippen molar-refractivity contribution < 1.29 is 24.2 Å². The van der Waals surface area contributed by atoms with E-state index in [0.717, 1.165) is 5.56 Å². The number of ether oxygens (including phenoxy) is 2. The molecule has 0 aliphatic carbocycles. The monoisotopic (exact) mass is 451 g/mol. The number of carboxylic acid groups (broad SMARTS) is 1.